The monoisotopic (exact) mass is 300 g/mol. The van der Waals surface area contributed by atoms with Gasteiger partial charge in [0.15, 0.2) is 5.82 Å². The summed E-state index contributed by atoms with van der Waals surface area (Å²) < 4.78 is 5.44. The molecule has 2 aromatic rings. The van der Waals surface area contributed by atoms with E-state index in [0.29, 0.717) is 5.92 Å². The van der Waals surface area contributed by atoms with Gasteiger partial charge in [0.2, 0.25) is 5.89 Å². The molecular weight excluding hydrogens is 276 g/mol. The van der Waals surface area contributed by atoms with Crippen molar-refractivity contribution in [2.24, 2.45) is 0 Å². The quantitative estimate of drug-likeness (QED) is 0.868. The van der Waals surface area contributed by atoms with Crippen LogP contribution in [0, 0.1) is 0 Å². The number of benzene rings is 1. The van der Waals surface area contributed by atoms with Crippen LogP contribution in [0.15, 0.2) is 34.9 Å². The van der Waals surface area contributed by atoms with E-state index in [1.807, 2.05) is 0 Å². The number of para-hydroxylation sites is 1. The zero-order chi connectivity index (χ0) is 15.5. The van der Waals surface area contributed by atoms with Crippen LogP contribution >= 0.6 is 0 Å². The Morgan fingerprint density at radius 3 is 2.27 bits per heavy atom. The Hall–Kier alpha value is -1.88. The van der Waals surface area contributed by atoms with Crippen molar-refractivity contribution >= 4 is 5.69 Å². The Morgan fingerprint density at radius 1 is 1.00 bits per heavy atom. The zero-order valence-corrected chi connectivity index (χ0v) is 13.6. The molecule has 0 radical (unpaired) electrons. The lowest BCUT2D eigenvalue weighted by molar-refractivity contribution is 0.164. The van der Waals surface area contributed by atoms with Gasteiger partial charge in [-0.05, 0) is 19.1 Å². The van der Waals surface area contributed by atoms with Crippen LogP contribution in [0.3, 0.4) is 0 Å². The molecule has 0 saturated carbocycles. The highest BCUT2D eigenvalue weighted by Gasteiger charge is 2.26. The molecule has 5 nitrogen and oxygen atoms in total. The summed E-state index contributed by atoms with van der Waals surface area (Å²) in [4.78, 5) is 9.37. The Labute approximate surface area is 131 Å². The third kappa shape index (κ3) is 3.14. The normalized spacial score (nSPS) is 17.9. The number of anilines is 1. The lowest BCUT2D eigenvalue weighted by Gasteiger charge is -2.38. The third-order valence-corrected chi connectivity index (χ3v) is 4.31. The van der Waals surface area contributed by atoms with Crippen LogP contribution in [0.2, 0.25) is 0 Å². The Bertz CT molecular complexity index is 588. The highest BCUT2D eigenvalue weighted by atomic mass is 16.5. The maximum absolute atomic E-state index is 5.44. The van der Waals surface area contributed by atoms with E-state index in [1.165, 1.54) is 5.69 Å². The fraction of sp³-hybridized carbons (Fsp3) is 0.529. The van der Waals surface area contributed by atoms with Gasteiger partial charge in [0.25, 0.3) is 0 Å². The molecule has 1 aromatic carbocycles. The van der Waals surface area contributed by atoms with Gasteiger partial charge in [-0.3, -0.25) is 4.90 Å². The molecule has 0 bridgehead atoms. The van der Waals surface area contributed by atoms with Crippen LogP contribution in [0.25, 0.3) is 0 Å². The summed E-state index contributed by atoms with van der Waals surface area (Å²) in [6.07, 6.45) is 0. The van der Waals surface area contributed by atoms with E-state index in [-0.39, 0.29) is 6.04 Å². The molecule has 2 heterocycles. The minimum atomic E-state index is 0.179. The second-order valence-electron chi connectivity index (χ2n) is 6.18. The van der Waals surface area contributed by atoms with Crippen molar-refractivity contribution in [1.82, 2.24) is 15.0 Å². The predicted octanol–water partition coefficient (Wildman–Crippen LogP) is 3.08. The van der Waals surface area contributed by atoms with Gasteiger partial charge >= 0.3 is 0 Å². The molecule has 0 amide bonds. The average molecular weight is 300 g/mol. The van der Waals surface area contributed by atoms with Crippen LogP contribution in [0.1, 0.15) is 44.4 Å². The molecule has 1 fully saturated rings. The van der Waals surface area contributed by atoms with Crippen LogP contribution in [0.5, 0.6) is 0 Å². The maximum atomic E-state index is 5.44. The fourth-order valence-electron chi connectivity index (χ4n) is 2.81. The lowest BCUT2D eigenvalue weighted by Crippen LogP contribution is -2.47. The van der Waals surface area contributed by atoms with E-state index in [1.54, 1.807) is 0 Å². The Balaban J connectivity index is 1.60. The molecule has 0 N–H and O–H groups in total. The second kappa shape index (κ2) is 6.48. The molecule has 1 atom stereocenters. The number of piperazine rings is 1. The molecule has 118 valence electrons. The van der Waals surface area contributed by atoms with E-state index < -0.39 is 0 Å². The molecule has 1 saturated heterocycles. The average Bonchev–Trinajstić information content (AvgIpc) is 3.05. The molecule has 22 heavy (non-hydrogen) atoms. The zero-order valence-electron chi connectivity index (χ0n) is 13.6. The maximum Gasteiger partial charge on any atom is 0.243 e. The number of hydrogen-bond donors (Lipinski definition) is 0. The van der Waals surface area contributed by atoms with Crippen LogP contribution < -0.4 is 4.90 Å². The Morgan fingerprint density at radius 2 is 1.68 bits per heavy atom. The fourth-order valence-corrected chi connectivity index (χ4v) is 2.81. The minimum absolute atomic E-state index is 0.179. The van der Waals surface area contributed by atoms with Crippen molar-refractivity contribution in [3.63, 3.8) is 0 Å². The summed E-state index contributed by atoms with van der Waals surface area (Å²) in [6.45, 7) is 10.4. The molecular formula is C17H24N4O. The second-order valence-corrected chi connectivity index (χ2v) is 6.18. The number of aromatic nitrogens is 2. The summed E-state index contributed by atoms with van der Waals surface area (Å²) in [7, 11) is 0. The Kier molecular flexibility index (Phi) is 4.43. The van der Waals surface area contributed by atoms with E-state index in [0.717, 1.165) is 37.9 Å². The predicted molar refractivity (Wildman–Crippen MR) is 87.0 cm³/mol. The first-order valence-electron chi connectivity index (χ1n) is 8.02. The topological polar surface area (TPSA) is 45.4 Å². The van der Waals surface area contributed by atoms with Gasteiger partial charge < -0.3 is 9.42 Å². The van der Waals surface area contributed by atoms with Crippen LogP contribution in [0.4, 0.5) is 5.69 Å². The van der Waals surface area contributed by atoms with E-state index in [9.17, 15) is 0 Å². The van der Waals surface area contributed by atoms with Crippen molar-refractivity contribution in [3.8, 4) is 0 Å². The van der Waals surface area contributed by atoms with Gasteiger partial charge in [0.1, 0.15) is 0 Å². The van der Waals surface area contributed by atoms with Gasteiger partial charge in [0, 0.05) is 37.8 Å². The summed E-state index contributed by atoms with van der Waals surface area (Å²) >= 11 is 0. The standard InChI is InChI=1S/C17H24N4O/c1-13(2)16-18-17(22-19-16)14(3)20-9-11-21(12-10-20)15-7-5-4-6-8-15/h4-8,13-14H,9-12H2,1-3H3/t14-/m1/s1. The third-order valence-electron chi connectivity index (χ3n) is 4.31. The highest BCUT2D eigenvalue weighted by molar-refractivity contribution is 5.46. The number of rotatable bonds is 4. The van der Waals surface area contributed by atoms with E-state index in [4.69, 9.17) is 4.52 Å². The first-order chi connectivity index (χ1) is 10.6. The smallest absolute Gasteiger partial charge is 0.243 e. The lowest BCUT2D eigenvalue weighted by atomic mass is 10.2. The van der Waals surface area contributed by atoms with Gasteiger partial charge in [-0.2, -0.15) is 4.98 Å². The molecule has 5 heteroatoms. The first-order valence-corrected chi connectivity index (χ1v) is 8.02. The summed E-state index contributed by atoms with van der Waals surface area (Å²) in [5.41, 5.74) is 1.30. The molecule has 0 aliphatic carbocycles. The molecule has 1 aromatic heterocycles. The van der Waals surface area contributed by atoms with Gasteiger partial charge in [-0.15, -0.1) is 0 Å². The van der Waals surface area contributed by atoms with Gasteiger partial charge in [0.05, 0.1) is 6.04 Å². The van der Waals surface area contributed by atoms with Gasteiger partial charge in [-0.25, -0.2) is 0 Å². The van der Waals surface area contributed by atoms with Crippen LogP contribution in [-0.4, -0.2) is 41.2 Å². The minimum Gasteiger partial charge on any atom is -0.369 e. The van der Waals surface area contributed by atoms with Crippen LogP contribution in [-0.2, 0) is 0 Å². The molecule has 1 aliphatic heterocycles. The summed E-state index contributed by atoms with van der Waals surface area (Å²) in [5.74, 6) is 1.83. The highest BCUT2D eigenvalue weighted by Crippen LogP contribution is 2.23. The van der Waals surface area contributed by atoms with Crippen molar-refractivity contribution in [3.05, 3.63) is 42.0 Å². The summed E-state index contributed by atoms with van der Waals surface area (Å²) in [6, 6.07) is 10.8. The van der Waals surface area contributed by atoms with Crippen molar-refractivity contribution in [1.29, 1.82) is 0 Å². The van der Waals surface area contributed by atoms with Gasteiger partial charge in [-0.1, -0.05) is 37.2 Å². The van der Waals surface area contributed by atoms with Crippen molar-refractivity contribution in [2.75, 3.05) is 31.1 Å². The molecule has 0 spiro atoms. The van der Waals surface area contributed by atoms with E-state index in [2.05, 4.69) is 71.0 Å². The molecule has 1 aliphatic rings. The van der Waals surface area contributed by atoms with Crippen molar-refractivity contribution in [2.45, 2.75) is 32.7 Å². The SMILES string of the molecule is CC(C)c1noc([C@@H](C)N2CCN(c3ccccc3)CC2)n1. The van der Waals surface area contributed by atoms with Crippen molar-refractivity contribution < 1.29 is 4.52 Å². The molecule has 0 unspecified atom stereocenters. The largest absolute Gasteiger partial charge is 0.369 e. The summed E-state index contributed by atoms with van der Waals surface area (Å²) in [5, 5.41) is 4.07. The molecule has 3 rings (SSSR count). The number of nitrogens with zero attached hydrogens (tertiary/aromatic N) is 4. The first kappa shape index (κ1) is 15.0. The number of hydrogen-bond acceptors (Lipinski definition) is 5. The van der Waals surface area contributed by atoms with E-state index >= 15 is 0 Å².